The van der Waals surface area contributed by atoms with E-state index in [0.29, 0.717) is 10.6 Å². The first-order valence-electron chi connectivity index (χ1n) is 3.77. The molecule has 3 heteroatoms. The summed E-state index contributed by atoms with van der Waals surface area (Å²) in [4.78, 5) is 0. The van der Waals surface area contributed by atoms with Gasteiger partial charge in [0, 0.05) is 10.5 Å². The molecule has 0 aliphatic rings. The highest BCUT2D eigenvalue weighted by molar-refractivity contribution is 9.69. The molecular weight excluding hydrogens is 287 g/mol. The number of hydrogen-bond acceptors (Lipinski definition) is 0. The Bertz CT molecular complexity index is 125. The molecule has 0 N–H and O–H groups in total. The molecule has 0 aromatic heterocycles. The van der Waals surface area contributed by atoms with Crippen LogP contribution in [-0.4, -0.2) is 5.16 Å². The quantitative estimate of drug-likeness (QED) is 0.607. The summed E-state index contributed by atoms with van der Waals surface area (Å²) in [6, 6.07) is 0. The van der Waals surface area contributed by atoms with Gasteiger partial charge in [-0.1, -0.05) is 34.6 Å². The first-order valence-corrected chi connectivity index (χ1v) is 9.15. The fourth-order valence-electron chi connectivity index (χ4n) is 1.36. The lowest BCUT2D eigenvalue weighted by Crippen LogP contribution is -2.22. The molecule has 0 aromatic carbocycles. The van der Waals surface area contributed by atoms with Gasteiger partial charge < -0.3 is 0 Å². The number of hydrogen-bond donors (Lipinski definition) is 0. The van der Waals surface area contributed by atoms with Crippen LogP contribution >= 0.6 is 36.3 Å². The predicted molar refractivity (Wildman–Crippen MR) is 62.9 cm³/mol. The molecule has 0 saturated heterocycles. The van der Waals surface area contributed by atoms with Crippen molar-refractivity contribution < 1.29 is 0 Å². The van der Waals surface area contributed by atoms with Crippen molar-refractivity contribution in [1.29, 1.82) is 0 Å². The molecule has 0 fully saturated rings. The molecule has 0 unspecified atom stereocenters. The fourth-order valence-corrected chi connectivity index (χ4v) is 2.70. The van der Waals surface area contributed by atoms with Crippen molar-refractivity contribution in [1.82, 2.24) is 0 Å². The molecule has 0 spiro atoms. The zero-order valence-corrected chi connectivity index (χ0v) is 12.0. The largest absolute Gasteiger partial charge is 0.0601 e. The van der Waals surface area contributed by atoms with E-state index in [0.717, 1.165) is 0 Å². The molecule has 0 aliphatic carbocycles. The van der Waals surface area contributed by atoms with Crippen molar-refractivity contribution in [3.63, 3.8) is 0 Å². The Morgan fingerprint density at radius 1 is 1.00 bits per heavy atom. The van der Waals surface area contributed by atoms with Gasteiger partial charge in [0.05, 0.1) is 0 Å². The summed E-state index contributed by atoms with van der Waals surface area (Å²) in [6.45, 7) is 11.5. The molecular formula is C8H17Br2P. The van der Waals surface area contributed by atoms with Crippen molar-refractivity contribution in [3.8, 4) is 0 Å². The van der Waals surface area contributed by atoms with Crippen molar-refractivity contribution in [2.45, 2.75) is 46.2 Å². The second-order valence-electron chi connectivity index (χ2n) is 4.78. The average Bonchev–Trinajstić information content (AvgIpc) is 1.56. The highest BCUT2D eigenvalue weighted by atomic mass is 79.9. The Hall–Kier alpha value is 1.39. The van der Waals surface area contributed by atoms with Crippen LogP contribution in [-0.2, 0) is 0 Å². The van der Waals surface area contributed by atoms with Crippen molar-refractivity contribution in [3.05, 3.63) is 0 Å². The molecule has 0 bridgehead atoms. The molecule has 0 nitrogen and oxygen atoms in total. The van der Waals surface area contributed by atoms with E-state index in [9.17, 15) is 0 Å². The van der Waals surface area contributed by atoms with Gasteiger partial charge in [-0.15, -0.1) is 0 Å². The Morgan fingerprint density at radius 2 is 1.36 bits per heavy atom. The van der Waals surface area contributed by atoms with E-state index in [2.05, 4.69) is 65.6 Å². The van der Waals surface area contributed by atoms with Crippen LogP contribution in [0.4, 0.5) is 0 Å². The highest BCUT2D eigenvalue weighted by Gasteiger charge is 2.30. The molecule has 11 heavy (non-hydrogen) atoms. The fraction of sp³-hybridized carbons (Fsp3) is 1.00. The monoisotopic (exact) mass is 302 g/mol. The van der Waals surface area contributed by atoms with Crippen LogP contribution in [0.3, 0.4) is 0 Å². The van der Waals surface area contributed by atoms with E-state index in [1.165, 1.54) is 6.42 Å². The van der Waals surface area contributed by atoms with Crippen LogP contribution in [0.25, 0.3) is 0 Å². The Labute approximate surface area is 87.8 Å². The van der Waals surface area contributed by atoms with Crippen LogP contribution < -0.4 is 0 Å². The molecule has 0 atom stereocenters. The zero-order chi connectivity index (χ0) is 9.28. The van der Waals surface area contributed by atoms with Crippen molar-refractivity contribution >= 4 is 36.3 Å². The predicted octanol–water partition coefficient (Wildman–Crippen LogP) is 5.30. The molecule has 68 valence electrons. The molecule has 0 radical (unpaired) electrons. The van der Waals surface area contributed by atoms with Gasteiger partial charge in [0.25, 0.3) is 0 Å². The van der Waals surface area contributed by atoms with Crippen molar-refractivity contribution in [2.75, 3.05) is 0 Å². The normalized spacial score (nSPS) is 14.2. The summed E-state index contributed by atoms with van der Waals surface area (Å²) < 4.78 is 0. The lowest BCUT2D eigenvalue weighted by molar-refractivity contribution is 0.338. The topological polar surface area (TPSA) is 0 Å². The molecule has 0 aromatic rings. The maximum absolute atomic E-state index is 3.63. The standard InChI is InChI=1S/C8H17Br2P/c1-7(2,3)6-8(4,5)11(9)10/h6H2,1-5H3. The summed E-state index contributed by atoms with van der Waals surface area (Å²) in [5, 5.41) is 0.199. The van der Waals surface area contributed by atoms with E-state index < -0.39 is 0 Å². The van der Waals surface area contributed by atoms with Gasteiger partial charge in [-0.2, -0.15) is 0 Å². The van der Waals surface area contributed by atoms with Crippen LogP contribution in [0, 0.1) is 5.41 Å². The average molecular weight is 304 g/mol. The summed E-state index contributed by atoms with van der Waals surface area (Å²) in [5.74, 6) is 0. The minimum atomic E-state index is -0.183. The first-order chi connectivity index (χ1) is 4.65. The molecule has 0 aliphatic heterocycles. The Morgan fingerprint density at radius 3 is 1.45 bits per heavy atom. The summed E-state index contributed by atoms with van der Waals surface area (Å²) >= 11 is 7.26. The second-order valence-corrected chi connectivity index (χ2v) is 13.6. The highest BCUT2D eigenvalue weighted by Crippen LogP contribution is 2.65. The summed E-state index contributed by atoms with van der Waals surface area (Å²) in [6.07, 6.45) is 1.24. The van der Waals surface area contributed by atoms with Crippen LogP contribution in [0.5, 0.6) is 0 Å². The van der Waals surface area contributed by atoms with Crippen LogP contribution in [0.1, 0.15) is 41.0 Å². The second kappa shape index (κ2) is 4.07. The first kappa shape index (κ1) is 12.4. The van der Waals surface area contributed by atoms with Gasteiger partial charge in [0.2, 0.25) is 0 Å². The van der Waals surface area contributed by atoms with E-state index in [-0.39, 0.29) is 5.33 Å². The zero-order valence-electron chi connectivity index (χ0n) is 7.91. The van der Waals surface area contributed by atoms with E-state index >= 15 is 0 Å². The number of rotatable bonds is 2. The Kier molecular flexibility index (Phi) is 4.58. The van der Waals surface area contributed by atoms with Crippen LogP contribution in [0.2, 0.25) is 0 Å². The lowest BCUT2D eigenvalue weighted by Gasteiger charge is -2.33. The molecule has 0 saturated carbocycles. The summed E-state index contributed by atoms with van der Waals surface area (Å²) in [7, 11) is 0. The van der Waals surface area contributed by atoms with Gasteiger partial charge in [0.1, 0.15) is 0 Å². The number of halogens is 2. The third-order valence-corrected chi connectivity index (χ3v) is 8.25. The van der Waals surface area contributed by atoms with E-state index in [1.807, 2.05) is 0 Å². The molecule has 0 rings (SSSR count). The van der Waals surface area contributed by atoms with Gasteiger partial charge >= 0.3 is 0 Å². The minimum Gasteiger partial charge on any atom is -0.0601 e. The molecule has 0 heterocycles. The van der Waals surface area contributed by atoms with E-state index in [4.69, 9.17) is 0 Å². The maximum atomic E-state index is 3.63. The van der Waals surface area contributed by atoms with Crippen LogP contribution in [0.15, 0.2) is 0 Å². The van der Waals surface area contributed by atoms with Gasteiger partial charge in [-0.05, 0) is 42.8 Å². The minimum absolute atomic E-state index is 0.183. The van der Waals surface area contributed by atoms with Gasteiger partial charge in [0.15, 0.2) is 0 Å². The third-order valence-electron chi connectivity index (χ3n) is 1.42. The Balaban J connectivity index is 4.13. The third kappa shape index (κ3) is 5.60. The SMILES string of the molecule is CC(C)(C)CC(C)(C)P(Br)Br. The van der Waals surface area contributed by atoms with Gasteiger partial charge in [-0.3, -0.25) is 0 Å². The lowest BCUT2D eigenvalue weighted by atomic mass is 9.86. The van der Waals surface area contributed by atoms with E-state index in [1.54, 1.807) is 0 Å². The summed E-state index contributed by atoms with van der Waals surface area (Å²) in [5.41, 5.74) is 0.422. The van der Waals surface area contributed by atoms with Gasteiger partial charge in [-0.25, -0.2) is 0 Å². The smallest absolute Gasteiger partial charge is 0.0404 e. The van der Waals surface area contributed by atoms with Crippen molar-refractivity contribution in [2.24, 2.45) is 5.41 Å². The maximum Gasteiger partial charge on any atom is 0.0404 e. The molecule has 0 amide bonds.